The summed E-state index contributed by atoms with van der Waals surface area (Å²) in [5.41, 5.74) is 0.124. The molecule has 0 aliphatic carbocycles. The molecule has 0 bridgehead atoms. The largest absolute Gasteiger partial charge is 0.444 e. The Labute approximate surface area is 113 Å². The lowest BCUT2D eigenvalue weighted by Gasteiger charge is -2.23. The molecule has 0 saturated carbocycles. The molecule has 1 unspecified atom stereocenters. The Morgan fingerprint density at radius 3 is 2.89 bits per heavy atom. The summed E-state index contributed by atoms with van der Waals surface area (Å²) in [6, 6.07) is -0.558. The van der Waals surface area contributed by atoms with Gasteiger partial charge in [-0.3, -0.25) is 0 Å². The van der Waals surface area contributed by atoms with Crippen LogP contribution in [0.1, 0.15) is 32.5 Å². The van der Waals surface area contributed by atoms with Gasteiger partial charge in [0, 0.05) is 6.54 Å². The molecule has 1 aromatic heterocycles. The van der Waals surface area contributed by atoms with Gasteiger partial charge in [0.05, 0.1) is 30.9 Å². The number of carbonyl (C=O) groups excluding carboxylic acids is 1. The van der Waals surface area contributed by atoms with Gasteiger partial charge in [0.25, 0.3) is 0 Å². The van der Waals surface area contributed by atoms with E-state index in [4.69, 9.17) is 4.74 Å². The fourth-order valence-electron chi connectivity index (χ4n) is 1.58. The average Bonchev–Trinajstić information content (AvgIpc) is 2.72. The Bertz CT molecular complexity index is 435. The SMILES string of the molecule is C=CCn1cncc1C(CO)NC(=O)OC(C)(C)C. The molecule has 2 N–H and O–H groups in total. The van der Waals surface area contributed by atoms with Crippen LogP contribution in [0.25, 0.3) is 0 Å². The van der Waals surface area contributed by atoms with Crippen molar-refractivity contribution in [2.24, 2.45) is 0 Å². The number of hydrogen-bond acceptors (Lipinski definition) is 4. The molecule has 0 fully saturated rings. The second kappa shape index (κ2) is 6.38. The summed E-state index contributed by atoms with van der Waals surface area (Å²) in [5.74, 6) is 0. The van der Waals surface area contributed by atoms with Crippen molar-refractivity contribution in [3.63, 3.8) is 0 Å². The fourth-order valence-corrected chi connectivity index (χ4v) is 1.58. The van der Waals surface area contributed by atoms with Crippen LogP contribution in [0.15, 0.2) is 25.2 Å². The molecular formula is C13H21N3O3. The van der Waals surface area contributed by atoms with E-state index in [1.165, 1.54) is 0 Å². The van der Waals surface area contributed by atoms with Crippen LogP contribution >= 0.6 is 0 Å². The van der Waals surface area contributed by atoms with Crippen molar-refractivity contribution in [1.82, 2.24) is 14.9 Å². The van der Waals surface area contributed by atoms with E-state index in [-0.39, 0.29) is 6.61 Å². The van der Waals surface area contributed by atoms with E-state index in [2.05, 4.69) is 16.9 Å². The maximum absolute atomic E-state index is 11.7. The third kappa shape index (κ3) is 4.75. The number of aromatic nitrogens is 2. The molecule has 106 valence electrons. The average molecular weight is 267 g/mol. The van der Waals surface area contributed by atoms with E-state index in [0.29, 0.717) is 12.2 Å². The molecule has 6 nitrogen and oxygen atoms in total. The van der Waals surface area contributed by atoms with Crippen LogP contribution in [0, 0.1) is 0 Å². The zero-order valence-electron chi connectivity index (χ0n) is 11.6. The number of hydrogen-bond donors (Lipinski definition) is 2. The van der Waals surface area contributed by atoms with Crippen molar-refractivity contribution in [2.75, 3.05) is 6.61 Å². The Morgan fingerprint density at radius 1 is 1.68 bits per heavy atom. The summed E-state index contributed by atoms with van der Waals surface area (Å²) in [6.45, 7) is 9.31. The number of carbonyl (C=O) groups is 1. The lowest BCUT2D eigenvalue weighted by molar-refractivity contribution is 0.0479. The summed E-state index contributed by atoms with van der Waals surface area (Å²) in [5, 5.41) is 12.0. The van der Waals surface area contributed by atoms with Crippen molar-refractivity contribution in [3.05, 3.63) is 30.9 Å². The smallest absolute Gasteiger partial charge is 0.408 e. The Morgan fingerprint density at radius 2 is 2.37 bits per heavy atom. The number of rotatable bonds is 5. The molecule has 0 aromatic carbocycles. The Kier molecular flexibility index (Phi) is 5.11. The zero-order chi connectivity index (χ0) is 14.5. The fraction of sp³-hybridized carbons (Fsp3) is 0.538. The lowest BCUT2D eigenvalue weighted by Crippen LogP contribution is -2.37. The van der Waals surface area contributed by atoms with E-state index in [1.54, 1.807) is 43.9 Å². The van der Waals surface area contributed by atoms with Gasteiger partial charge in [-0.15, -0.1) is 6.58 Å². The lowest BCUT2D eigenvalue weighted by atomic mass is 10.2. The monoisotopic (exact) mass is 267 g/mol. The molecule has 1 rings (SSSR count). The molecule has 1 atom stereocenters. The number of ether oxygens (including phenoxy) is 1. The summed E-state index contributed by atoms with van der Waals surface area (Å²) >= 11 is 0. The number of allylic oxidation sites excluding steroid dienone is 1. The van der Waals surface area contributed by atoms with Crippen LogP contribution in [0.2, 0.25) is 0 Å². The van der Waals surface area contributed by atoms with Crippen molar-refractivity contribution < 1.29 is 14.6 Å². The zero-order valence-corrected chi connectivity index (χ0v) is 11.6. The number of amides is 1. The van der Waals surface area contributed by atoms with E-state index < -0.39 is 17.7 Å². The first-order valence-electron chi connectivity index (χ1n) is 6.08. The predicted molar refractivity (Wildman–Crippen MR) is 71.6 cm³/mol. The topological polar surface area (TPSA) is 76.4 Å². The van der Waals surface area contributed by atoms with Gasteiger partial charge in [0.1, 0.15) is 5.60 Å². The molecule has 0 aliphatic rings. The van der Waals surface area contributed by atoms with E-state index in [0.717, 1.165) is 0 Å². The molecule has 1 amide bonds. The Hall–Kier alpha value is -1.82. The van der Waals surface area contributed by atoms with Crippen LogP contribution < -0.4 is 5.32 Å². The normalized spacial score (nSPS) is 12.8. The third-order valence-electron chi connectivity index (χ3n) is 2.30. The Balaban J connectivity index is 2.75. The minimum atomic E-state index is -0.578. The van der Waals surface area contributed by atoms with Crippen molar-refractivity contribution >= 4 is 6.09 Å². The van der Waals surface area contributed by atoms with Crippen LogP contribution in [-0.4, -0.2) is 33.0 Å². The summed E-state index contributed by atoms with van der Waals surface area (Å²) in [6.07, 6.45) is 4.36. The first-order chi connectivity index (χ1) is 8.87. The summed E-state index contributed by atoms with van der Waals surface area (Å²) in [4.78, 5) is 15.7. The third-order valence-corrected chi connectivity index (χ3v) is 2.30. The predicted octanol–water partition coefficient (Wildman–Crippen LogP) is 1.63. The van der Waals surface area contributed by atoms with Gasteiger partial charge in [-0.2, -0.15) is 0 Å². The van der Waals surface area contributed by atoms with Gasteiger partial charge < -0.3 is 19.7 Å². The van der Waals surface area contributed by atoms with Gasteiger partial charge in [0.2, 0.25) is 0 Å². The highest BCUT2D eigenvalue weighted by atomic mass is 16.6. The highest BCUT2D eigenvalue weighted by Crippen LogP contribution is 2.14. The summed E-state index contributed by atoms with van der Waals surface area (Å²) in [7, 11) is 0. The van der Waals surface area contributed by atoms with Crippen LogP contribution in [0.4, 0.5) is 4.79 Å². The van der Waals surface area contributed by atoms with Gasteiger partial charge in [-0.05, 0) is 20.8 Å². The van der Waals surface area contributed by atoms with Crippen molar-refractivity contribution in [1.29, 1.82) is 0 Å². The molecule has 1 aromatic rings. The molecule has 0 aliphatic heterocycles. The van der Waals surface area contributed by atoms with Gasteiger partial charge in [0.15, 0.2) is 0 Å². The molecule has 1 heterocycles. The van der Waals surface area contributed by atoms with Gasteiger partial charge in [-0.1, -0.05) is 6.08 Å². The quantitative estimate of drug-likeness (QED) is 0.795. The van der Waals surface area contributed by atoms with Crippen molar-refractivity contribution in [3.8, 4) is 0 Å². The number of nitrogens with zero attached hydrogens (tertiary/aromatic N) is 2. The van der Waals surface area contributed by atoms with Crippen LogP contribution in [0.3, 0.4) is 0 Å². The van der Waals surface area contributed by atoms with Gasteiger partial charge in [-0.25, -0.2) is 9.78 Å². The number of aliphatic hydroxyl groups excluding tert-OH is 1. The minimum absolute atomic E-state index is 0.234. The summed E-state index contributed by atoms with van der Waals surface area (Å²) < 4.78 is 6.95. The number of imidazole rings is 1. The molecule has 0 spiro atoms. The van der Waals surface area contributed by atoms with E-state index in [9.17, 15) is 9.90 Å². The maximum Gasteiger partial charge on any atom is 0.408 e. The first-order valence-corrected chi connectivity index (χ1v) is 6.08. The number of nitrogens with one attached hydrogen (secondary N) is 1. The highest BCUT2D eigenvalue weighted by Gasteiger charge is 2.21. The standard InChI is InChI=1S/C13H21N3O3/c1-5-6-16-9-14-7-11(16)10(8-17)15-12(18)19-13(2,3)4/h5,7,9-10,17H,1,6,8H2,2-4H3,(H,15,18). The molecular weight excluding hydrogens is 246 g/mol. The second-order valence-corrected chi connectivity index (χ2v) is 5.14. The molecule has 0 saturated heterocycles. The molecule has 0 radical (unpaired) electrons. The van der Waals surface area contributed by atoms with Crippen LogP contribution in [0.5, 0.6) is 0 Å². The number of alkyl carbamates (subject to hydrolysis) is 1. The minimum Gasteiger partial charge on any atom is -0.444 e. The molecule has 19 heavy (non-hydrogen) atoms. The maximum atomic E-state index is 11.7. The number of aliphatic hydroxyl groups is 1. The van der Waals surface area contributed by atoms with Crippen LogP contribution in [-0.2, 0) is 11.3 Å². The van der Waals surface area contributed by atoms with E-state index in [1.807, 2.05) is 0 Å². The van der Waals surface area contributed by atoms with Gasteiger partial charge >= 0.3 is 6.09 Å². The second-order valence-electron chi connectivity index (χ2n) is 5.14. The van der Waals surface area contributed by atoms with Crippen molar-refractivity contribution in [2.45, 2.75) is 39.0 Å². The first kappa shape index (κ1) is 15.2. The molecule has 6 heteroatoms. The van der Waals surface area contributed by atoms with E-state index >= 15 is 0 Å². The highest BCUT2D eigenvalue weighted by molar-refractivity contribution is 5.68.